The largest absolute Gasteiger partial charge is 0.480 e. The van der Waals surface area contributed by atoms with Gasteiger partial charge >= 0.3 is 5.97 Å². The molecule has 2 atom stereocenters. The molecule has 0 aromatic rings. The van der Waals surface area contributed by atoms with Crippen molar-refractivity contribution in [3.63, 3.8) is 0 Å². The standard InChI is InChI=1S/C12H21NO5/c1-3-4-6-18-9(2)11(14)13-5-7-17-8-10(13)12(15)16/h9-10H,3-8H2,1-2H3,(H,15,16)/t9-,10-/m1/s1. The van der Waals surface area contributed by atoms with Gasteiger partial charge in [0.1, 0.15) is 6.10 Å². The Labute approximate surface area is 107 Å². The highest BCUT2D eigenvalue weighted by atomic mass is 16.5. The molecule has 1 N–H and O–H groups in total. The van der Waals surface area contributed by atoms with Gasteiger partial charge in [0.25, 0.3) is 5.91 Å². The number of hydrogen-bond donors (Lipinski definition) is 1. The smallest absolute Gasteiger partial charge is 0.328 e. The molecule has 0 radical (unpaired) electrons. The zero-order valence-corrected chi connectivity index (χ0v) is 10.9. The number of hydrogen-bond acceptors (Lipinski definition) is 4. The fourth-order valence-corrected chi connectivity index (χ4v) is 1.78. The summed E-state index contributed by atoms with van der Waals surface area (Å²) in [4.78, 5) is 24.5. The van der Waals surface area contributed by atoms with Crippen molar-refractivity contribution in [2.45, 2.75) is 38.8 Å². The predicted octanol–water partition coefficient (Wildman–Crippen LogP) is 0.504. The Balaban J connectivity index is 2.54. The van der Waals surface area contributed by atoms with E-state index >= 15 is 0 Å². The van der Waals surface area contributed by atoms with Crippen LogP contribution in [-0.4, -0.2) is 60.4 Å². The minimum atomic E-state index is -1.04. The quantitative estimate of drug-likeness (QED) is 0.703. The van der Waals surface area contributed by atoms with Gasteiger partial charge in [-0.25, -0.2) is 4.79 Å². The molecule has 1 heterocycles. The normalized spacial score (nSPS) is 21.7. The Hall–Kier alpha value is -1.14. The lowest BCUT2D eigenvalue weighted by molar-refractivity contribution is -0.163. The van der Waals surface area contributed by atoms with Crippen molar-refractivity contribution in [3.05, 3.63) is 0 Å². The molecule has 0 aromatic carbocycles. The second kappa shape index (κ2) is 7.33. The zero-order valence-electron chi connectivity index (χ0n) is 10.9. The molecule has 0 bridgehead atoms. The molecule has 1 saturated heterocycles. The second-order valence-corrected chi connectivity index (χ2v) is 4.33. The summed E-state index contributed by atoms with van der Waals surface area (Å²) in [5.74, 6) is -1.31. The van der Waals surface area contributed by atoms with Crippen LogP contribution in [0.1, 0.15) is 26.7 Å². The van der Waals surface area contributed by atoms with E-state index < -0.39 is 18.1 Å². The van der Waals surface area contributed by atoms with E-state index in [4.69, 9.17) is 14.6 Å². The van der Waals surface area contributed by atoms with E-state index in [1.165, 1.54) is 4.90 Å². The van der Waals surface area contributed by atoms with Gasteiger partial charge in [-0.1, -0.05) is 13.3 Å². The summed E-state index contributed by atoms with van der Waals surface area (Å²) < 4.78 is 10.5. The molecule has 104 valence electrons. The molecule has 1 aliphatic rings. The zero-order chi connectivity index (χ0) is 13.5. The third-order valence-electron chi connectivity index (χ3n) is 2.91. The van der Waals surface area contributed by atoms with Crippen LogP contribution in [0, 0.1) is 0 Å². The summed E-state index contributed by atoms with van der Waals surface area (Å²) in [5, 5.41) is 9.04. The summed E-state index contributed by atoms with van der Waals surface area (Å²) in [5.41, 5.74) is 0. The van der Waals surface area contributed by atoms with Gasteiger partial charge in [-0.2, -0.15) is 0 Å². The first kappa shape index (κ1) is 14.9. The third kappa shape index (κ3) is 3.96. The van der Waals surface area contributed by atoms with Crippen molar-refractivity contribution in [2.24, 2.45) is 0 Å². The number of ether oxygens (including phenoxy) is 2. The van der Waals surface area contributed by atoms with Crippen molar-refractivity contribution in [1.82, 2.24) is 4.90 Å². The van der Waals surface area contributed by atoms with E-state index in [-0.39, 0.29) is 12.5 Å². The van der Waals surface area contributed by atoms with Crippen LogP contribution in [0.2, 0.25) is 0 Å². The molecule has 0 aliphatic carbocycles. The van der Waals surface area contributed by atoms with Crippen molar-refractivity contribution < 1.29 is 24.2 Å². The van der Waals surface area contributed by atoms with Gasteiger partial charge in [0, 0.05) is 13.2 Å². The van der Waals surface area contributed by atoms with Crippen molar-refractivity contribution >= 4 is 11.9 Å². The molecule has 1 fully saturated rings. The molecule has 18 heavy (non-hydrogen) atoms. The number of carbonyl (C=O) groups excluding carboxylic acids is 1. The average Bonchev–Trinajstić information content (AvgIpc) is 2.38. The van der Waals surface area contributed by atoms with E-state index in [1.54, 1.807) is 6.92 Å². The first-order valence-electron chi connectivity index (χ1n) is 6.30. The van der Waals surface area contributed by atoms with E-state index in [9.17, 15) is 9.59 Å². The van der Waals surface area contributed by atoms with Gasteiger partial charge < -0.3 is 19.5 Å². The number of carboxylic acid groups (broad SMARTS) is 1. The monoisotopic (exact) mass is 259 g/mol. The van der Waals surface area contributed by atoms with Crippen LogP contribution in [0.3, 0.4) is 0 Å². The lowest BCUT2D eigenvalue weighted by atomic mass is 10.2. The van der Waals surface area contributed by atoms with Gasteiger partial charge in [-0.05, 0) is 13.3 Å². The van der Waals surface area contributed by atoms with Crippen molar-refractivity contribution in [1.29, 1.82) is 0 Å². The molecular weight excluding hydrogens is 238 g/mol. The van der Waals surface area contributed by atoms with Crippen molar-refractivity contribution in [2.75, 3.05) is 26.4 Å². The van der Waals surface area contributed by atoms with E-state index in [1.807, 2.05) is 6.92 Å². The van der Waals surface area contributed by atoms with Crippen LogP contribution >= 0.6 is 0 Å². The Morgan fingerprint density at radius 1 is 1.56 bits per heavy atom. The summed E-state index contributed by atoms with van der Waals surface area (Å²) in [7, 11) is 0. The molecule has 1 amide bonds. The van der Waals surface area contributed by atoms with E-state index in [0.29, 0.717) is 19.8 Å². The molecule has 0 unspecified atom stereocenters. The summed E-state index contributed by atoms with van der Waals surface area (Å²) in [6.45, 7) is 4.94. The molecule has 0 spiro atoms. The Morgan fingerprint density at radius 3 is 2.89 bits per heavy atom. The summed E-state index contributed by atoms with van der Waals surface area (Å²) in [6.07, 6.45) is 1.29. The lowest BCUT2D eigenvalue weighted by Crippen LogP contribution is -2.55. The molecule has 0 saturated carbocycles. The van der Waals surface area contributed by atoms with Gasteiger partial charge in [0.05, 0.1) is 13.2 Å². The SMILES string of the molecule is CCCCO[C@H](C)C(=O)N1CCOC[C@@H]1C(=O)O. The minimum Gasteiger partial charge on any atom is -0.480 e. The number of nitrogens with zero attached hydrogens (tertiary/aromatic N) is 1. The van der Waals surface area contributed by atoms with Gasteiger partial charge in [-0.15, -0.1) is 0 Å². The van der Waals surface area contributed by atoms with Crippen LogP contribution in [0.4, 0.5) is 0 Å². The Morgan fingerprint density at radius 2 is 2.28 bits per heavy atom. The third-order valence-corrected chi connectivity index (χ3v) is 2.91. The maximum absolute atomic E-state index is 12.1. The average molecular weight is 259 g/mol. The van der Waals surface area contributed by atoms with Crippen LogP contribution in [-0.2, 0) is 19.1 Å². The Kier molecular flexibility index (Phi) is 6.07. The predicted molar refractivity (Wildman–Crippen MR) is 64.3 cm³/mol. The van der Waals surface area contributed by atoms with E-state index in [2.05, 4.69) is 0 Å². The van der Waals surface area contributed by atoms with E-state index in [0.717, 1.165) is 12.8 Å². The Bertz CT molecular complexity index is 294. The van der Waals surface area contributed by atoms with Crippen LogP contribution in [0.5, 0.6) is 0 Å². The first-order chi connectivity index (χ1) is 8.57. The highest BCUT2D eigenvalue weighted by molar-refractivity contribution is 5.86. The number of unbranched alkanes of at least 4 members (excludes halogenated alkanes) is 1. The topological polar surface area (TPSA) is 76.1 Å². The summed E-state index contributed by atoms with van der Waals surface area (Å²) in [6, 6.07) is -0.900. The van der Waals surface area contributed by atoms with Crippen LogP contribution in [0.15, 0.2) is 0 Å². The number of rotatable bonds is 6. The van der Waals surface area contributed by atoms with Gasteiger partial charge in [0.2, 0.25) is 0 Å². The fourth-order valence-electron chi connectivity index (χ4n) is 1.78. The van der Waals surface area contributed by atoms with Crippen LogP contribution < -0.4 is 0 Å². The molecule has 6 nitrogen and oxygen atoms in total. The molecular formula is C12H21NO5. The number of carboxylic acids is 1. The van der Waals surface area contributed by atoms with Gasteiger partial charge in [0.15, 0.2) is 6.04 Å². The maximum Gasteiger partial charge on any atom is 0.328 e. The lowest BCUT2D eigenvalue weighted by Gasteiger charge is -2.34. The molecule has 0 aromatic heterocycles. The highest BCUT2D eigenvalue weighted by Crippen LogP contribution is 2.11. The molecule has 6 heteroatoms. The maximum atomic E-state index is 12.1. The second-order valence-electron chi connectivity index (χ2n) is 4.33. The van der Waals surface area contributed by atoms with Gasteiger partial charge in [-0.3, -0.25) is 4.79 Å². The number of carbonyl (C=O) groups is 2. The highest BCUT2D eigenvalue weighted by Gasteiger charge is 2.34. The number of morpholine rings is 1. The minimum absolute atomic E-state index is 0.0444. The molecule has 1 rings (SSSR count). The molecule has 1 aliphatic heterocycles. The first-order valence-corrected chi connectivity index (χ1v) is 6.30. The number of aliphatic carboxylic acids is 1. The van der Waals surface area contributed by atoms with Crippen LogP contribution in [0.25, 0.3) is 0 Å². The number of amides is 1. The van der Waals surface area contributed by atoms with Crippen molar-refractivity contribution in [3.8, 4) is 0 Å². The fraction of sp³-hybridized carbons (Fsp3) is 0.833. The summed E-state index contributed by atoms with van der Waals surface area (Å²) >= 11 is 0.